The van der Waals surface area contributed by atoms with E-state index in [-0.39, 0.29) is 29.6 Å². The van der Waals surface area contributed by atoms with Crippen LogP contribution in [0, 0.1) is 0 Å². The molecule has 2 aromatic rings. The molecule has 0 bridgehead atoms. The summed E-state index contributed by atoms with van der Waals surface area (Å²) in [6, 6.07) is 12.3. The van der Waals surface area contributed by atoms with Crippen LogP contribution in [-0.2, 0) is 14.3 Å². The SMILES string of the molecule is COc1ccccc1C(=O)COC(=O)c1ccc(N2C(=O)CC(N3CCCC3)C2=O)cc1. The Balaban J connectivity index is 1.39. The van der Waals surface area contributed by atoms with Gasteiger partial charge in [0.25, 0.3) is 5.91 Å². The lowest BCUT2D eigenvalue weighted by Gasteiger charge is -2.21. The predicted octanol–water partition coefficient (Wildman–Crippen LogP) is 2.46. The second-order valence-electron chi connectivity index (χ2n) is 7.78. The Labute approximate surface area is 185 Å². The average Bonchev–Trinajstić information content (AvgIpc) is 3.45. The first-order chi connectivity index (χ1) is 15.5. The minimum atomic E-state index is -0.672. The minimum Gasteiger partial charge on any atom is -0.496 e. The fraction of sp³-hybridized carbons (Fsp3) is 0.333. The molecule has 2 heterocycles. The fourth-order valence-electron chi connectivity index (χ4n) is 4.14. The summed E-state index contributed by atoms with van der Waals surface area (Å²) in [7, 11) is 1.46. The van der Waals surface area contributed by atoms with Crippen molar-refractivity contribution < 1.29 is 28.7 Å². The first-order valence-electron chi connectivity index (χ1n) is 10.5. The molecular weight excluding hydrogens is 412 g/mol. The molecule has 8 nitrogen and oxygen atoms in total. The quantitative estimate of drug-likeness (QED) is 0.374. The number of Topliss-reactive ketones (excluding diaryl/α,β-unsaturated/α-hetero) is 1. The van der Waals surface area contributed by atoms with Crippen molar-refractivity contribution in [2.75, 3.05) is 31.7 Å². The molecule has 0 spiro atoms. The third-order valence-corrected chi connectivity index (χ3v) is 5.81. The summed E-state index contributed by atoms with van der Waals surface area (Å²) in [6.45, 7) is 1.23. The number of hydrogen-bond acceptors (Lipinski definition) is 7. The Kier molecular flexibility index (Phi) is 6.32. The highest BCUT2D eigenvalue weighted by Crippen LogP contribution is 2.28. The van der Waals surface area contributed by atoms with Crippen molar-refractivity contribution in [2.45, 2.75) is 25.3 Å². The molecule has 8 heteroatoms. The number of imide groups is 1. The Morgan fingerprint density at radius 3 is 2.38 bits per heavy atom. The number of likely N-dealkylation sites (tertiary alicyclic amines) is 1. The summed E-state index contributed by atoms with van der Waals surface area (Å²) in [4.78, 5) is 53.2. The Bertz CT molecular complexity index is 1040. The summed E-state index contributed by atoms with van der Waals surface area (Å²) in [5.74, 6) is -1.12. The van der Waals surface area contributed by atoms with Crippen LogP contribution >= 0.6 is 0 Å². The topological polar surface area (TPSA) is 93.2 Å². The van der Waals surface area contributed by atoms with Crippen molar-refractivity contribution in [1.29, 1.82) is 0 Å². The van der Waals surface area contributed by atoms with E-state index < -0.39 is 18.6 Å². The molecular formula is C24H24N2O6. The Morgan fingerprint density at radius 1 is 1.00 bits per heavy atom. The zero-order chi connectivity index (χ0) is 22.7. The number of nitrogens with zero attached hydrogens (tertiary/aromatic N) is 2. The number of ketones is 1. The van der Waals surface area contributed by atoms with Crippen molar-refractivity contribution >= 4 is 29.3 Å². The van der Waals surface area contributed by atoms with Gasteiger partial charge in [-0.15, -0.1) is 0 Å². The highest BCUT2D eigenvalue weighted by Gasteiger charge is 2.43. The van der Waals surface area contributed by atoms with Gasteiger partial charge in [-0.3, -0.25) is 19.3 Å². The Hall–Kier alpha value is -3.52. The number of anilines is 1. The van der Waals surface area contributed by atoms with Crippen LogP contribution in [0.1, 0.15) is 40.0 Å². The van der Waals surface area contributed by atoms with Gasteiger partial charge in [-0.2, -0.15) is 0 Å². The number of methoxy groups -OCH3 is 1. The molecule has 2 aromatic carbocycles. The van der Waals surface area contributed by atoms with Crippen molar-refractivity contribution in [2.24, 2.45) is 0 Å². The van der Waals surface area contributed by atoms with Crippen LogP contribution in [-0.4, -0.2) is 61.3 Å². The second-order valence-corrected chi connectivity index (χ2v) is 7.78. The van der Waals surface area contributed by atoms with Gasteiger partial charge < -0.3 is 9.47 Å². The molecule has 32 heavy (non-hydrogen) atoms. The summed E-state index contributed by atoms with van der Waals surface area (Å²) in [5.41, 5.74) is 0.969. The van der Waals surface area contributed by atoms with Crippen LogP contribution < -0.4 is 9.64 Å². The molecule has 0 aliphatic carbocycles. The van der Waals surface area contributed by atoms with E-state index in [0.717, 1.165) is 25.9 Å². The van der Waals surface area contributed by atoms with Crippen LogP contribution in [0.15, 0.2) is 48.5 Å². The maximum atomic E-state index is 12.8. The van der Waals surface area contributed by atoms with Gasteiger partial charge in [0.15, 0.2) is 6.61 Å². The highest BCUT2D eigenvalue weighted by molar-refractivity contribution is 6.22. The molecule has 1 atom stereocenters. The van der Waals surface area contributed by atoms with E-state index in [1.165, 1.54) is 24.1 Å². The Morgan fingerprint density at radius 2 is 1.69 bits per heavy atom. The lowest BCUT2D eigenvalue weighted by Crippen LogP contribution is -2.40. The van der Waals surface area contributed by atoms with E-state index in [1.807, 2.05) is 0 Å². The number of benzene rings is 2. The van der Waals surface area contributed by atoms with Gasteiger partial charge >= 0.3 is 5.97 Å². The number of hydrogen-bond donors (Lipinski definition) is 0. The minimum absolute atomic E-state index is 0.174. The highest BCUT2D eigenvalue weighted by atomic mass is 16.5. The molecule has 166 valence electrons. The molecule has 2 aliphatic heterocycles. The van der Waals surface area contributed by atoms with E-state index in [9.17, 15) is 19.2 Å². The zero-order valence-electron chi connectivity index (χ0n) is 17.8. The molecule has 0 N–H and O–H groups in total. The molecule has 2 fully saturated rings. The number of esters is 1. The summed E-state index contributed by atoms with van der Waals surface area (Å²) < 4.78 is 10.3. The molecule has 0 aromatic heterocycles. The normalized spacial score (nSPS) is 18.8. The first-order valence-corrected chi connectivity index (χ1v) is 10.5. The number of para-hydroxylation sites is 1. The van der Waals surface area contributed by atoms with Crippen LogP contribution in [0.5, 0.6) is 5.75 Å². The second kappa shape index (κ2) is 9.32. The van der Waals surface area contributed by atoms with Gasteiger partial charge in [-0.1, -0.05) is 12.1 Å². The zero-order valence-corrected chi connectivity index (χ0v) is 17.8. The maximum absolute atomic E-state index is 12.8. The van der Waals surface area contributed by atoms with Gasteiger partial charge in [-0.25, -0.2) is 9.69 Å². The van der Waals surface area contributed by atoms with E-state index >= 15 is 0 Å². The molecule has 2 saturated heterocycles. The van der Waals surface area contributed by atoms with Crippen molar-refractivity contribution in [3.63, 3.8) is 0 Å². The number of carbonyl (C=O) groups excluding carboxylic acids is 4. The first kappa shape index (κ1) is 21.7. The van der Waals surface area contributed by atoms with Gasteiger partial charge in [0.05, 0.1) is 36.4 Å². The monoisotopic (exact) mass is 436 g/mol. The molecule has 1 unspecified atom stereocenters. The van der Waals surface area contributed by atoms with Gasteiger partial charge in [0.1, 0.15) is 5.75 Å². The average molecular weight is 436 g/mol. The number of carbonyl (C=O) groups is 4. The third kappa shape index (κ3) is 4.27. The van der Waals surface area contributed by atoms with E-state index in [4.69, 9.17) is 9.47 Å². The maximum Gasteiger partial charge on any atom is 0.338 e. The summed E-state index contributed by atoms with van der Waals surface area (Å²) in [6.07, 6.45) is 2.25. The van der Waals surface area contributed by atoms with E-state index in [1.54, 1.807) is 36.4 Å². The molecule has 2 amide bonds. The van der Waals surface area contributed by atoms with Gasteiger partial charge in [0, 0.05) is 0 Å². The van der Waals surface area contributed by atoms with Crippen LogP contribution in [0.3, 0.4) is 0 Å². The molecule has 4 rings (SSSR count). The summed E-state index contributed by atoms with van der Waals surface area (Å²) in [5, 5.41) is 0. The largest absolute Gasteiger partial charge is 0.496 e. The number of amides is 2. The standard InChI is InChI=1S/C24H24N2O6/c1-31-21-7-3-2-6-18(21)20(27)15-32-24(30)16-8-10-17(11-9-16)26-22(28)14-19(23(26)29)25-12-4-5-13-25/h2-3,6-11,19H,4-5,12-15H2,1H3. The van der Waals surface area contributed by atoms with Crippen LogP contribution in [0.2, 0.25) is 0 Å². The van der Waals surface area contributed by atoms with E-state index in [2.05, 4.69) is 4.90 Å². The number of rotatable bonds is 7. The van der Waals surface area contributed by atoms with Crippen LogP contribution in [0.4, 0.5) is 5.69 Å². The molecule has 0 radical (unpaired) electrons. The lowest BCUT2D eigenvalue weighted by atomic mass is 10.1. The van der Waals surface area contributed by atoms with E-state index in [0.29, 0.717) is 17.0 Å². The molecule has 0 saturated carbocycles. The predicted molar refractivity (Wildman–Crippen MR) is 116 cm³/mol. The van der Waals surface area contributed by atoms with Gasteiger partial charge in [0.2, 0.25) is 11.7 Å². The lowest BCUT2D eigenvalue weighted by molar-refractivity contribution is -0.122. The van der Waals surface area contributed by atoms with Gasteiger partial charge in [-0.05, 0) is 62.3 Å². The van der Waals surface area contributed by atoms with Crippen molar-refractivity contribution in [3.8, 4) is 5.75 Å². The summed E-state index contributed by atoms with van der Waals surface area (Å²) >= 11 is 0. The van der Waals surface area contributed by atoms with Crippen LogP contribution in [0.25, 0.3) is 0 Å². The van der Waals surface area contributed by atoms with Crippen molar-refractivity contribution in [1.82, 2.24) is 4.90 Å². The number of ether oxygens (including phenoxy) is 2. The third-order valence-electron chi connectivity index (χ3n) is 5.81. The fourth-order valence-corrected chi connectivity index (χ4v) is 4.14. The molecule has 2 aliphatic rings. The van der Waals surface area contributed by atoms with Crippen molar-refractivity contribution in [3.05, 3.63) is 59.7 Å². The smallest absolute Gasteiger partial charge is 0.338 e.